The van der Waals surface area contributed by atoms with Crippen molar-refractivity contribution < 1.29 is 4.79 Å². The fraction of sp³-hybridized carbons (Fsp3) is 0.471. The van der Waals surface area contributed by atoms with Crippen molar-refractivity contribution in [3.05, 3.63) is 36.0 Å². The van der Waals surface area contributed by atoms with Crippen LogP contribution in [0.15, 0.2) is 30.5 Å². The maximum absolute atomic E-state index is 12.2. The molecule has 0 atom stereocenters. The number of rotatable bonds is 4. The van der Waals surface area contributed by atoms with Crippen molar-refractivity contribution in [2.75, 3.05) is 26.2 Å². The number of aromatic amines is 1. The molecule has 1 aliphatic rings. The topological polar surface area (TPSA) is 48.1 Å². The van der Waals surface area contributed by atoms with Gasteiger partial charge in [-0.2, -0.15) is 0 Å². The molecule has 0 saturated carbocycles. The highest BCUT2D eigenvalue weighted by molar-refractivity contribution is 5.98. The quantitative estimate of drug-likeness (QED) is 0.907. The fourth-order valence-corrected chi connectivity index (χ4v) is 2.98. The Balaban J connectivity index is 1.51. The lowest BCUT2D eigenvalue weighted by Crippen LogP contribution is -2.35. The van der Waals surface area contributed by atoms with Crippen LogP contribution in [0.4, 0.5) is 0 Å². The Morgan fingerprint density at radius 2 is 1.95 bits per heavy atom. The molecule has 21 heavy (non-hydrogen) atoms. The molecule has 1 fully saturated rings. The van der Waals surface area contributed by atoms with E-state index in [9.17, 15) is 4.79 Å². The predicted molar refractivity (Wildman–Crippen MR) is 85.5 cm³/mol. The van der Waals surface area contributed by atoms with Gasteiger partial charge >= 0.3 is 0 Å². The highest BCUT2D eigenvalue weighted by atomic mass is 16.1. The van der Waals surface area contributed by atoms with Crippen LogP contribution in [0.5, 0.6) is 0 Å². The summed E-state index contributed by atoms with van der Waals surface area (Å²) in [6.45, 7) is 4.03. The first kappa shape index (κ1) is 14.1. The predicted octanol–water partition coefficient (Wildman–Crippen LogP) is 2.77. The Labute approximate surface area is 125 Å². The zero-order valence-electron chi connectivity index (χ0n) is 12.4. The van der Waals surface area contributed by atoms with Gasteiger partial charge in [0, 0.05) is 35.8 Å². The van der Waals surface area contributed by atoms with Gasteiger partial charge < -0.3 is 15.2 Å². The molecule has 3 rings (SSSR count). The molecule has 2 N–H and O–H groups in total. The van der Waals surface area contributed by atoms with Crippen LogP contribution >= 0.6 is 0 Å². The van der Waals surface area contributed by atoms with Crippen molar-refractivity contribution in [2.24, 2.45) is 0 Å². The van der Waals surface area contributed by atoms with E-state index in [4.69, 9.17) is 0 Å². The Kier molecular flexibility index (Phi) is 4.55. The summed E-state index contributed by atoms with van der Waals surface area (Å²) in [6, 6.07) is 7.76. The zero-order chi connectivity index (χ0) is 14.5. The van der Waals surface area contributed by atoms with Crippen molar-refractivity contribution in [3.63, 3.8) is 0 Å². The third kappa shape index (κ3) is 3.64. The largest absolute Gasteiger partial charge is 0.361 e. The minimum atomic E-state index is 0.0212. The molecule has 1 aromatic carbocycles. The summed E-state index contributed by atoms with van der Waals surface area (Å²) in [5.41, 5.74) is 1.80. The number of likely N-dealkylation sites (tertiary alicyclic amines) is 1. The van der Waals surface area contributed by atoms with Gasteiger partial charge in [-0.1, -0.05) is 12.8 Å². The number of fused-ring (bicyclic) bond motifs is 1. The lowest BCUT2D eigenvalue weighted by atomic mass is 10.1. The maximum Gasteiger partial charge on any atom is 0.251 e. The molecule has 0 aliphatic carbocycles. The summed E-state index contributed by atoms with van der Waals surface area (Å²) in [4.78, 5) is 17.8. The normalized spacial score (nSPS) is 16.8. The lowest BCUT2D eigenvalue weighted by Gasteiger charge is -2.19. The molecule has 112 valence electrons. The van der Waals surface area contributed by atoms with Crippen LogP contribution in [-0.4, -0.2) is 42.0 Å². The van der Waals surface area contributed by atoms with Gasteiger partial charge in [-0.05, 0) is 50.2 Å². The van der Waals surface area contributed by atoms with E-state index in [0.29, 0.717) is 0 Å². The summed E-state index contributed by atoms with van der Waals surface area (Å²) in [5, 5.41) is 4.11. The summed E-state index contributed by atoms with van der Waals surface area (Å²) in [7, 11) is 0. The van der Waals surface area contributed by atoms with Crippen molar-refractivity contribution in [2.45, 2.75) is 25.7 Å². The molecule has 0 unspecified atom stereocenters. The molecular weight excluding hydrogens is 262 g/mol. The number of amides is 1. The molecule has 2 aromatic rings. The summed E-state index contributed by atoms with van der Waals surface area (Å²) < 4.78 is 0. The number of carbonyl (C=O) groups is 1. The van der Waals surface area contributed by atoms with Crippen LogP contribution in [0.25, 0.3) is 10.9 Å². The SMILES string of the molecule is O=C(NCCN1CCCCCC1)c1ccc2[nH]ccc2c1. The van der Waals surface area contributed by atoms with Gasteiger partial charge in [0.05, 0.1) is 0 Å². The van der Waals surface area contributed by atoms with Crippen LogP contribution in [0.1, 0.15) is 36.0 Å². The highest BCUT2D eigenvalue weighted by Gasteiger charge is 2.10. The van der Waals surface area contributed by atoms with Gasteiger partial charge in [0.2, 0.25) is 0 Å². The van der Waals surface area contributed by atoms with Gasteiger partial charge in [-0.3, -0.25) is 4.79 Å². The van der Waals surface area contributed by atoms with Crippen molar-refractivity contribution in [1.29, 1.82) is 0 Å². The number of nitrogens with one attached hydrogen (secondary N) is 2. The van der Waals surface area contributed by atoms with Crippen molar-refractivity contribution in [1.82, 2.24) is 15.2 Å². The maximum atomic E-state index is 12.2. The molecule has 0 bridgehead atoms. The average molecular weight is 285 g/mol. The first-order valence-electron chi connectivity index (χ1n) is 7.91. The molecular formula is C17H23N3O. The molecule has 1 amide bonds. The van der Waals surface area contributed by atoms with E-state index in [0.717, 1.165) is 29.6 Å². The van der Waals surface area contributed by atoms with E-state index in [-0.39, 0.29) is 5.91 Å². The number of benzene rings is 1. The molecule has 2 heterocycles. The standard InChI is InChI=1S/C17H23N3O/c21-17(15-5-6-16-14(13-15)7-8-18-16)19-9-12-20-10-3-1-2-4-11-20/h5-8,13,18H,1-4,9-12H2,(H,19,21). The summed E-state index contributed by atoms with van der Waals surface area (Å²) in [6.07, 6.45) is 7.17. The second-order valence-electron chi connectivity index (χ2n) is 5.79. The van der Waals surface area contributed by atoms with E-state index in [2.05, 4.69) is 15.2 Å². The van der Waals surface area contributed by atoms with Crippen LogP contribution in [-0.2, 0) is 0 Å². The molecule has 0 spiro atoms. The third-order valence-corrected chi connectivity index (χ3v) is 4.23. The number of carbonyl (C=O) groups excluding carboxylic acids is 1. The summed E-state index contributed by atoms with van der Waals surface area (Å²) >= 11 is 0. The van der Waals surface area contributed by atoms with Gasteiger partial charge in [-0.25, -0.2) is 0 Å². The first-order chi connectivity index (χ1) is 10.3. The minimum absolute atomic E-state index is 0.0212. The van der Waals surface area contributed by atoms with E-state index < -0.39 is 0 Å². The minimum Gasteiger partial charge on any atom is -0.361 e. The van der Waals surface area contributed by atoms with Gasteiger partial charge in [0.1, 0.15) is 0 Å². The van der Waals surface area contributed by atoms with Gasteiger partial charge in [0.25, 0.3) is 5.91 Å². The average Bonchev–Trinajstić information content (AvgIpc) is 2.82. The molecule has 4 nitrogen and oxygen atoms in total. The number of nitrogens with zero attached hydrogens (tertiary/aromatic N) is 1. The van der Waals surface area contributed by atoms with Crippen LogP contribution in [0.2, 0.25) is 0 Å². The Morgan fingerprint density at radius 3 is 2.76 bits per heavy atom. The van der Waals surface area contributed by atoms with Crippen LogP contribution in [0, 0.1) is 0 Å². The monoisotopic (exact) mass is 285 g/mol. The van der Waals surface area contributed by atoms with Crippen LogP contribution in [0.3, 0.4) is 0 Å². The smallest absolute Gasteiger partial charge is 0.251 e. The van der Waals surface area contributed by atoms with E-state index >= 15 is 0 Å². The Bertz CT molecular complexity index is 597. The summed E-state index contributed by atoms with van der Waals surface area (Å²) in [5.74, 6) is 0.0212. The number of aromatic nitrogens is 1. The van der Waals surface area contributed by atoms with E-state index in [1.165, 1.54) is 38.8 Å². The molecule has 1 aliphatic heterocycles. The third-order valence-electron chi connectivity index (χ3n) is 4.23. The Hall–Kier alpha value is -1.81. The first-order valence-corrected chi connectivity index (χ1v) is 7.91. The molecule has 1 saturated heterocycles. The second kappa shape index (κ2) is 6.76. The highest BCUT2D eigenvalue weighted by Crippen LogP contribution is 2.14. The fourth-order valence-electron chi connectivity index (χ4n) is 2.98. The lowest BCUT2D eigenvalue weighted by molar-refractivity contribution is 0.0948. The number of hydrogen-bond donors (Lipinski definition) is 2. The molecule has 4 heteroatoms. The molecule has 1 aromatic heterocycles. The van der Waals surface area contributed by atoms with Crippen molar-refractivity contribution in [3.8, 4) is 0 Å². The number of hydrogen-bond acceptors (Lipinski definition) is 2. The van der Waals surface area contributed by atoms with Gasteiger partial charge in [0.15, 0.2) is 0 Å². The van der Waals surface area contributed by atoms with E-state index in [1.807, 2.05) is 30.5 Å². The van der Waals surface area contributed by atoms with Crippen LogP contribution < -0.4 is 5.32 Å². The van der Waals surface area contributed by atoms with Crippen molar-refractivity contribution >= 4 is 16.8 Å². The zero-order valence-corrected chi connectivity index (χ0v) is 12.4. The second-order valence-corrected chi connectivity index (χ2v) is 5.79. The Morgan fingerprint density at radius 1 is 1.14 bits per heavy atom. The molecule has 0 radical (unpaired) electrons. The van der Waals surface area contributed by atoms with Gasteiger partial charge in [-0.15, -0.1) is 0 Å². The number of H-pyrrole nitrogens is 1. The van der Waals surface area contributed by atoms with E-state index in [1.54, 1.807) is 0 Å².